The summed E-state index contributed by atoms with van der Waals surface area (Å²) in [5, 5.41) is 19.5. The maximum Gasteiger partial charge on any atom is 0.237 e. The summed E-state index contributed by atoms with van der Waals surface area (Å²) in [7, 11) is 0. The van der Waals surface area contributed by atoms with Crippen LogP contribution in [-0.2, 0) is 11.2 Å². The zero-order valence-electron chi connectivity index (χ0n) is 15.3. The van der Waals surface area contributed by atoms with Gasteiger partial charge in [0.1, 0.15) is 34.3 Å². The molecule has 0 bridgehead atoms. The third-order valence-corrected chi connectivity index (χ3v) is 5.66. The van der Waals surface area contributed by atoms with Gasteiger partial charge in [-0.05, 0) is 30.2 Å². The van der Waals surface area contributed by atoms with Crippen molar-refractivity contribution in [2.45, 2.75) is 11.4 Å². The van der Waals surface area contributed by atoms with Gasteiger partial charge in [-0.15, -0.1) is 0 Å². The van der Waals surface area contributed by atoms with Gasteiger partial charge in [-0.2, -0.15) is 10.5 Å². The Kier molecular flexibility index (Phi) is 4.94. The van der Waals surface area contributed by atoms with Crippen LogP contribution in [0.1, 0.15) is 16.7 Å². The third kappa shape index (κ3) is 3.31. The van der Waals surface area contributed by atoms with Crippen LogP contribution in [0.25, 0.3) is 11.3 Å². The van der Waals surface area contributed by atoms with E-state index in [2.05, 4.69) is 11.1 Å². The van der Waals surface area contributed by atoms with Gasteiger partial charge in [0.25, 0.3) is 0 Å². The summed E-state index contributed by atoms with van der Waals surface area (Å²) in [5.41, 5.74) is 8.58. The van der Waals surface area contributed by atoms with E-state index in [1.54, 1.807) is 17.0 Å². The van der Waals surface area contributed by atoms with E-state index in [1.807, 2.05) is 30.3 Å². The number of anilines is 2. The molecule has 8 heteroatoms. The summed E-state index contributed by atoms with van der Waals surface area (Å²) in [5.74, 6) is 0.375. The molecule has 1 aliphatic rings. The highest BCUT2D eigenvalue weighted by Crippen LogP contribution is 2.36. The van der Waals surface area contributed by atoms with Crippen molar-refractivity contribution in [3.05, 3.63) is 59.4 Å². The third-order valence-electron chi connectivity index (χ3n) is 4.70. The second-order valence-corrected chi connectivity index (χ2v) is 7.30. The molecule has 0 saturated carbocycles. The van der Waals surface area contributed by atoms with Crippen molar-refractivity contribution < 1.29 is 9.21 Å². The van der Waals surface area contributed by atoms with Crippen molar-refractivity contribution in [1.29, 1.82) is 10.5 Å². The molecule has 0 atom stereocenters. The molecule has 142 valence electrons. The molecule has 3 heterocycles. The number of nitriles is 2. The second kappa shape index (κ2) is 7.70. The van der Waals surface area contributed by atoms with Crippen LogP contribution in [0.3, 0.4) is 0 Å². The van der Waals surface area contributed by atoms with Crippen molar-refractivity contribution in [3.8, 4) is 23.5 Å². The Balaban J connectivity index is 1.64. The van der Waals surface area contributed by atoms with Crippen LogP contribution in [0.4, 0.5) is 11.5 Å². The minimum atomic E-state index is -0.0758. The predicted octanol–water partition coefficient (Wildman–Crippen LogP) is 3.35. The van der Waals surface area contributed by atoms with E-state index >= 15 is 0 Å². The van der Waals surface area contributed by atoms with Crippen LogP contribution < -0.4 is 10.6 Å². The van der Waals surface area contributed by atoms with E-state index in [9.17, 15) is 15.3 Å². The number of amides is 1. The Hall–Kier alpha value is -3.75. The minimum Gasteiger partial charge on any atom is -0.464 e. The van der Waals surface area contributed by atoms with Gasteiger partial charge in [-0.3, -0.25) is 4.79 Å². The Labute approximate surface area is 171 Å². The number of pyridine rings is 1. The first kappa shape index (κ1) is 18.6. The fraction of sp³-hybridized carbons (Fsp3) is 0.143. The fourth-order valence-electron chi connectivity index (χ4n) is 3.38. The van der Waals surface area contributed by atoms with Crippen LogP contribution in [0.2, 0.25) is 0 Å². The van der Waals surface area contributed by atoms with E-state index in [0.29, 0.717) is 22.9 Å². The number of nitrogens with zero attached hydrogens (tertiary/aromatic N) is 4. The molecule has 1 aliphatic heterocycles. The van der Waals surface area contributed by atoms with Crippen molar-refractivity contribution in [3.63, 3.8) is 0 Å². The van der Waals surface area contributed by atoms with E-state index in [0.717, 1.165) is 29.4 Å². The molecule has 2 aromatic heterocycles. The lowest BCUT2D eigenvalue weighted by Gasteiger charge is -2.17. The number of nitrogen functional groups attached to an aromatic ring is 1. The molecule has 7 nitrogen and oxygen atoms in total. The highest BCUT2D eigenvalue weighted by atomic mass is 32.2. The van der Waals surface area contributed by atoms with Crippen LogP contribution in [-0.4, -0.2) is 23.2 Å². The van der Waals surface area contributed by atoms with Crippen LogP contribution >= 0.6 is 11.8 Å². The number of fused-ring (bicyclic) bond motifs is 1. The Morgan fingerprint density at radius 2 is 2.00 bits per heavy atom. The number of furan rings is 1. The normalized spacial score (nSPS) is 12.3. The van der Waals surface area contributed by atoms with E-state index < -0.39 is 0 Å². The summed E-state index contributed by atoms with van der Waals surface area (Å²) in [6.07, 6.45) is 2.27. The zero-order chi connectivity index (χ0) is 20.4. The Morgan fingerprint density at radius 3 is 2.72 bits per heavy atom. The molecule has 0 unspecified atom stereocenters. The second-order valence-electron chi connectivity index (χ2n) is 6.34. The minimum absolute atomic E-state index is 0.000586. The molecule has 0 spiro atoms. The van der Waals surface area contributed by atoms with E-state index in [1.165, 1.54) is 6.26 Å². The summed E-state index contributed by atoms with van der Waals surface area (Å²) < 4.78 is 5.39. The lowest BCUT2D eigenvalue weighted by atomic mass is 10.0. The molecular formula is C21H15N5O2S. The van der Waals surface area contributed by atoms with Crippen molar-refractivity contribution in [1.82, 2.24) is 4.98 Å². The molecule has 1 aromatic carbocycles. The van der Waals surface area contributed by atoms with Gasteiger partial charge in [0, 0.05) is 12.2 Å². The molecule has 3 aromatic rings. The first-order chi connectivity index (χ1) is 14.1. The molecule has 4 rings (SSSR count). The van der Waals surface area contributed by atoms with Crippen molar-refractivity contribution in [2.75, 3.05) is 22.9 Å². The maximum absolute atomic E-state index is 12.8. The van der Waals surface area contributed by atoms with E-state index in [4.69, 9.17) is 10.2 Å². The molecule has 0 aliphatic carbocycles. The summed E-state index contributed by atoms with van der Waals surface area (Å²) in [6.45, 7) is 0.629. The van der Waals surface area contributed by atoms with Gasteiger partial charge >= 0.3 is 0 Å². The lowest BCUT2D eigenvalue weighted by molar-refractivity contribution is -0.116. The topological polar surface area (TPSA) is 120 Å². The first-order valence-corrected chi connectivity index (χ1v) is 9.81. The van der Waals surface area contributed by atoms with Crippen molar-refractivity contribution in [2.24, 2.45) is 0 Å². The average molecular weight is 401 g/mol. The predicted molar refractivity (Wildman–Crippen MR) is 109 cm³/mol. The van der Waals surface area contributed by atoms with Crippen molar-refractivity contribution >= 4 is 29.2 Å². The molecule has 0 saturated heterocycles. The van der Waals surface area contributed by atoms with Crippen LogP contribution in [0.5, 0.6) is 0 Å². The average Bonchev–Trinajstić information content (AvgIpc) is 3.41. The molecule has 0 fully saturated rings. The SMILES string of the molecule is N#Cc1c(N)nc(SCC(=O)N2CCc3ccccc32)c(C#N)c1-c1ccco1. The number of aromatic nitrogens is 1. The van der Waals surface area contributed by atoms with Gasteiger partial charge in [0.2, 0.25) is 5.91 Å². The van der Waals surface area contributed by atoms with Gasteiger partial charge in [0.15, 0.2) is 0 Å². The number of carbonyl (C=O) groups is 1. The molecular weight excluding hydrogens is 386 g/mol. The smallest absolute Gasteiger partial charge is 0.237 e. The Morgan fingerprint density at radius 1 is 1.21 bits per heavy atom. The zero-order valence-corrected chi connectivity index (χ0v) is 16.1. The number of hydrogen-bond donors (Lipinski definition) is 1. The lowest BCUT2D eigenvalue weighted by Crippen LogP contribution is -2.30. The van der Waals surface area contributed by atoms with Crippen LogP contribution in [0.15, 0.2) is 52.1 Å². The van der Waals surface area contributed by atoms with Gasteiger partial charge in [0.05, 0.1) is 23.1 Å². The monoisotopic (exact) mass is 401 g/mol. The summed E-state index contributed by atoms with van der Waals surface area (Å²) in [4.78, 5) is 18.8. The van der Waals surface area contributed by atoms with Crippen LogP contribution in [0, 0.1) is 22.7 Å². The first-order valence-electron chi connectivity index (χ1n) is 8.82. The number of nitrogens with two attached hydrogens (primary N) is 1. The number of thioether (sulfide) groups is 1. The Bertz CT molecular complexity index is 1180. The fourth-order valence-corrected chi connectivity index (χ4v) is 4.25. The summed E-state index contributed by atoms with van der Waals surface area (Å²) in [6, 6.07) is 15.2. The molecule has 2 N–H and O–H groups in total. The maximum atomic E-state index is 12.8. The standard InChI is InChI=1S/C21H15N5O2S/c22-10-14-19(17-6-3-9-28-17)15(11-23)21(25-20(14)24)29-12-18(27)26-8-7-13-4-1-2-5-16(13)26/h1-6,9H,7-8,12H2,(H2,24,25). The number of para-hydroxylation sites is 1. The number of rotatable bonds is 4. The van der Waals surface area contributed by atoms with Gasteiger partial charge in [-0.1, -0.05) is 30.0 Å². The number of benzene rings is 1. The number of carbonyl (C=O) groups excluding carboxylic acids is 1. The quantitative estimate of drug-likeness (QED) is 0.666. The highest BCUT2D eigenvalue weighted by Gasteiger charge is 2.26. The largest absolute Gasteiger partial charge is 0.464 e. The molecule has 29 heavy (non-hydrogen) atoms. The number of hydrogen-bond acceptors (Lipinski definition) is 7. The summed E-state index contributed by atoms with van der Waals surface area (Å²) >= 11 is 1.13. The molecule has 0 radical (unpaired) electrons. The van der Waals surface area contributed by atoms with Gasteiger partial charge < -0.3 is 15.1 Å². The van der Waals surface area contributed by atoms with E-state index in [-0.39, 0.29) is 28.6 Å². The van der Waals surface area contributed by atoms with Gasteiger partial charge in [-0.25, -0.2) is 4.98 Å². The highest BCUT2D eigenvalue weighted by molar-refractivity contribution is 8.00. The molecule has 1 amide bonds.